The molecule has 2 N–H and O–H groups in total. The first-order chi connectivity index (χ1) is 9.54. The smallest absolute Gasteiger partial charge is 0.144 e. The maximum atomic E-state index is 9.41. The molecule has 0 unspecified atom stereocenters. The number of nitrogens with one attached hydrogen (secondary N) is 1. The number of aryl methyl sites for hydroxylation is 1. The van der Waals surface area contributed by atoms with Crippen LogP contribution in [0.3, 0.4) is 0 Å². The summed E-state index contributed by atoms with van der Waals surface area (Å²) in [6, 6.07) is 4.34. The van der Waals surface area contributed by atoms with Gasteiger partial charge in [0.15, 0.2) is 0 Å². The number of hydrogen-bond acceptors (Lipinski definition) is 3. The third-order valence-corrected chi connectivity index (χ3v) is 3.93. The Morgan fingerprint density at radius 2 is 2.10 bits per heavy atom. The van der Waals surface area contributed by atoms with Crippen LogP contribution in [0.2, 0.25) is 0 Å². The van der Waals surface area contributed by atoms with Gasteiger partial charge in [-0.1, -0.05) is 19.3 Å². The second kappa shape index (κ2) is 5.96. The van der Waals surface area contributed by atoms with Crippen LogP contribution in [-0.2, 0) is 0 Å². The SMILES string of the molecule is C/C(O)=C/c1cc(C)n(C2CCCCC2)c(=N)c1C#N. The highest BCUT2D eigenvalue weighted by Gasteiger charge is 2.19. The van der Waals surface area contributed by atoms with Crippen molar-refractivity contribution in [2.75, 3.05) is 0 Å². The van der Waals surface area contributed by atoms with Crippen LogP contribution in [0.5, 0.6) is 0 Å². The summed E-state index contributed by atoms with van der Waals surface area (Å²) >= 11 is 0. The van der Waals surface area contributed by atoms with Crippen LogP contribution in [0.25, 0.3) is 6.08 Å². The number of pyridine rings is 1. The lowest BCUT2D eigenvalue weighted by molar-refractivity contribution is 0.338. The Morgan fingerprint density at radius 1 is 1.45 bits per heavy atom. The van der Waals surface area contributed by atoms with Gasteiger partial charge in [0.05, 0.1) is 5.76 Å². The molecule has 1 aliphatic carbocycles. The second-order valence-corrected chi connectivity index (χ2v) is 5.52. The minimum Gasteiger partial charge on any atom is -0.513 e. The van der Waals surface area contributed by atoms with Crippen LogP contribution in [0.4, 0.5) is 0 Å². The molecule has 20 heavy (non-hydrogen) atoms. The van der Waals surface area contributed by atoms with Gasteiger partial charge in [0.25, 0.3) is 0 Å². The first-order valence-electron chi connectivity index (χ1n) is 7.12. The molecule has 1 aromatic rings. The highest BCUT2D eigenvalue weighted by atomic mass is 16.3. The summed E-state index contributed by atoms with van der Waals surface area (Å²) in [5, 5.41) is 27.1. The molecule has 0 aliphatic heterocycles. The summed E-state index contributed by atoms with van der Waals surface area (Å²) < 4.78 is 1.99. The number of aliphatic hydroxyl groups excluding tert-OH is 1. The van der Waals surface area contributed by atoms with Gasteiger partial charge in [-0.15, -0.1) is 0 Å². The van der Waals surface area contributed by atoms with E-state index in [1.54, 1.807) is 13.0 Å². The summed E-state index contributed by atoms with van der Waals surface area (Å²) in [7, 11) is 0. The van der Waals surface area contributed by atoms with Gasteiger partial charge in [-0.05, 0) is 38.8 Å². The van der Waals surface area contributed by atoms with Gasteiger partial charge in [0, 0.05) is 17.3 Å². The van der Waals surface area contributed by atoms with Crippen LogP contribution in [0.15, 0.2) is 11.8 Å². The van der Waals surface area contributed by atoms with Gasteiger partial charge >= 0.3 is 0 Å². The number of aromatic nitrogens is 1. The van der Waals surface area contributed by atoms with Crippen molar-refractivity contribution in [3.63, 3.8) is 0 Å². The molecular formula is C16H21N3O. The Morgan fingerprint density at radius 3 is 2.65 bits per heavy atom. The van der Waals surface area contributed by atoms with E-state index in [2.05, 4.69) is 6.07 Å². The topological polar surface area (TPSA) is 72.8 Å². The molecule has 0 aromatic carbocycles. The van der Waals surface area contributed by atoms with Crippen molar-refractivity contribution in [2.24, 2.45) is 0 Å². The molecule has 1 fully saturated rings. The number of rotatable bonds is 2. The Balaban J connectivity index is 2.58. The van der Waals surface area contributed by atoms with Crippen LogP contribution in [0.1, 0.15) is 61.9 Å². The Labute approximate surface area is 119 Å². The van der Waals surface area contributed by atoms with Crippen molar-refractivity contribution in [2.45, 2.75) is 52.0 Å². The first kappa shape index (κ1) is 14.4. The van der Waals surface area contributed by atoms with E-state index in [1.807, 2.05) is 17.6 Å². The molecule has 4 nitrogen and oxygen atoms in total. The molecule has 0 bridgehead atoms. The summed E-state index contributed by atoms with van der Waals surface area (Å²) in [5.74, 6) is 0.149. The fourth-order valence-electron chi connectivity index (χ4n) is 3.07. The summed E-state index contributed by atoms with van der Waals surface area (Å²) in [6.07, 6.45) is 7.35. The minimum atomic E-state index is 0.149. The van der Waals surface area contributed by atoms with Crippen molar-refractivity contribution >= 4 is 6.08 Å². The molecule has 1 heterocycles. The predicted molar refractivity (Wildman–Crippen MR) is 78.1 cm³/mol. The predicted octanol–water partition coefficient (Wildman–Crippen LogP) is 3.57. The Hall–Kier alpha value is -2.02. The van der Waals surface area contributed by atoms with Crippen molar-refractivity contribution in [3.05, 3.63) is 34.1 Å². The van der Waals surface area contributed by atoms with E-state index in [1.165, 1.54) is 19.3 Å². The van der Waals surface area contributed by atoms with Crippen LogP contribution in [0, 0.1) is 23.7 Å². The number of nitriles is 1. The van der Waals surface area contributed by atoms with Gasteiger partial charge in [-0.3, -0.25) is 5.41 Å². The zero-order valence-electron chi connectivity index (χ0n) is 12.1. The number of allylic oxidation sites excluding steroid dienone is 1. The van der Waals surface area contributed by atoms with E-state index < -0.39 is 0 Å². The maximum absolute atomic E-state index is 9.41. The molecule has 106 valence electrons. The molecule has 1 aliphatic rings. The van der Waals surface area contributed by atoms with E-state index in [0.717, 1.165) is 18.5 Å². The lowest BCUT2D eigenvalue weighted by atomic mass is 9.94. The molecule has 0 spiro atoms. The van der Waals surface area contributed by atoms with E-state index in [-0.39, 0.29) is 11.2 Å². The third-order valence-electron chi connectivity index (χ3n) is 3.93. The van der Waals surface area contributed by atoms with Crippen LogP contribution < -0.4 is 5.49 Å². The summed E-state index contributed by atoms with van der Waals surface area (Å²) in [4.78, 5) is 0. The van der Waals surface area contributed by atoms with E-state index in [0.29, 0.717) is 17.2 Å². The maximum Gasteiger partial charge on any atom is 0.144 e. The van der Waals surface area contributed by atoms with Gasteiger partial charge < -0.3 is 9.67 Å². The fourth-order valence-corrected chi connectivity index (χ4v) is 3.07. The van der Waals surface area contributed by atoms with Gasteiger partial charge in [0.1, 0.15) is 17.1 Å². The molecule has 1 aromatic heterocycles. The highest BCUT2D eigenvalue weighted by Crippen LogP contribution is 2.28. The van der Waals surface area contributed by atoms with Crippen LogP contribution in [-0.4, -0.2) is 9.67 Å². The number of hydrogen-bond donors (Lipinski definition) is 2. The average Bonchev–Trinajstić information content (AvgIpc) is 2.39. The van der Waals surface area contributed by atoms with Gasteiger partial charge in [0.2, 0.25) is 0 Å². The van der Waals surface area contributed by atoms with E-state index in [9.17, 15) is 10.4 Å². The lowest BCUT2D eigenvalue weighted by Crippen LogP contribution is -2.30. The van der Waals surface area contributed by atoms with Crippen molar-refractivity contribution in [1.29, 1.82) is 10.7 Å². The van der Waals surface area contributed by atoms with Gasteiger partial charge in [-0.25, -0.2) is 0 Å². The zero-order valence-corrected chi connectivity index (χ0v) is 12.1. The minimum absolute atomic E-state index is 0.149. The zero-order chi connectivity index (χ0) is 14.7. The first-order valence-corrected chi connectivity index (χ1v) is 7.12. The van der Waals surface area contributed by atoms with Crippen molar-refractivity contribution in [1.82, 2.24) is 4.57 Å². The molecule has 1 saturated carbocycles. The van der Waals surface area contributed by atoms with Gasteiger partial charge in [-0.2, -0.15) is 5.26 Å². The normalized spacial score (nSPS) is 16.9. The third kappa shape index (κ3) is 2.77. The quantitative estimate of drug-likeness (QED) is 0.807. The molecule has 0 saturated heterocycles. The fraction of sp³-hybridized carbons (Fsp3) is 0.500. The van der Waals surface area contributed by atoms with E-state index in [4.69, 9.17) is 5.41 Å². The number of aliphatic hydroxyl groups is 1. The molecule has 2 rings (SSSR count). The second-order valence-electron chi connectivity index (χ2n) is 5.52. The average molecular weight is 271 g/mol. The highest BCUT2D eigenvalue weighted by molar-refractivity contribution is 5.58. The largest absolute Gasteiger partial charge is 0.513 e. The Bertz CT molecular complexity index is 624. The van der Waals surface area contributed by atoms with Crippen molar-refractivity contribution < 1.29 is 5.11 Å². The summed E-state index contributed by atoms with van der Waals surface area (Å²) in [5.41, 5.74) is 2.22. The molecule has 0 atom stereocenters. The molecular weight excluding hydrogens is 250 g/mol. The van der Waals surface area contributed by atoms with Crippen LogP contribution >= 0.6 is 0 Å². The number of nitrogens with zero attached hydrogens (tertiary/aromatic N) is 2. The standard InChI is InChI=1S/C16H21N3O/c1-11-8-13(9-12(2)20)15(10-17)16(18)19(11)14-6-4-3-5-7-14/h8-9,14,18,20H,3-7H2,1-2H3/b12-9-,18-16?. The monoisotopic (exact) mass is 271 g/mol. The molecule has 4 heteroatoms. The molecule has 0 radical (unpaired) electrons. The van der Waals surface area contributed by atoms with E-state index >= 15 is 0 Å². The van der Waals surface area contributed by atoms with Crippen molar-refractivity contribution in [3.8, 4) is 6.07 Å². The summed E-state index contributed by atoms with van der Waals surface area (Å²) in [6.45, 7) is 3.54. The Kier molecular flexibility index (Phi) is 4.29. The lowest BCUT2D eigenvalue weighted by Gasteiger charge is -2.27. The molecule has 0 amide bonds.